The standard InChI is InChI=1S/C11H14ClNO3S/c1-8-9(12)4-3-5-10(8)13-11(14)6-7-17(2,15)16/h3-5H,6-7H2,1-2H3,(H,13,14). The van der Waals surface area contributed by atoms with E-state index in [1.165, 1.54) is 0 Å². The van der Waals surface area contributed by atoms with Crippen molar-refractivity contribution in [1.29, 1.82) is 0 Å². The fraction of sp³-hybridized carbons (Fsp3) is 0.364. The summed E-state index contributed by atoms with van der Waals surface area (Å²) >= 11 is 5.90. The molecule has 1 aromatic carbocycles. The van der Waals surface area contributed by atoms with Gasteiger partial charge in [-0.25, -0.2) is 8.42 Å². The van der Waals surface area contributed by atoms with Crippen LogP contribution >= 0.6 is 11.6 Å². The average Bonchev–Trinajstić information content (AvgIpc) is 2.21. The molecule has 0 unspecified atom stereocenters. The zero-order valence-electron chi connectivity index (χ0n) is 9.66. The highest BCUT2D eigenvalue weighted by atomic mass is 35.5. The van der Waals surface area contributed by atoms with Gasteiger partial charge in [-0.2, -0.15) is 0 Å². The Bertz CT molecular complexity index is 526. The van der Waals surface area contributed by atoms with Crippen molar-refractivity contribution in [1.82, 2.24) is 0 Å². The zero-order valence-corrected chi connectivity index (χ0v) is 11.2. The van der Waals surface area contributed by atoms with E-state index in [2.05, 4.69) is 5.32 Å². The molecule has 0 spiro atoms. The Morgan fingerprint density at radius 1 is 1.41 bits per heavy atom. The number of carbonyl (C=O) groups excluding carboxylic acids is 1. The number of benzene rings is 1. The molecule has 4 nitrogen and oxygen atoms in total. The van der Waals surface area contributed by atoms with Crippen LogP contribution in [0, 0.1) is 6.92 Å². The normalized spacial score (nSPS) is 11.2. The van der Waals surface area contributed by atoms with Crippen LogP contribution in [0.15, 0.2) is 18.2 Å². The molecule has 0 heterocycles. The average molecular weight is 276 g/mol. The van der Waals surface area contributed by atoms with Crippen molar-refractivity contribution in [3.63, 3.8) is 0 Å². The minimum absolute atomic E-state index is 0.0508. The van der Waals surface area contributed by atoms with Crippen LogP contribution in [-0.4, -0.2) is 26.3 Å². The number of hydrogen-bond acceptors (Lipinski definition) is 3. The first kappa shape index (κ1) is 14.0. The molecule has 94 valence electrons. The Kier molecular flexibility index (Phi) is 4.54. The lowest BCUT2D eigenvalue weighted by Crippen LogP contribution is -2.17. The molecule has 1 N–H and O–H groups in total. The summed E-state index contributed by atoms with van der Waals surface area (Å²) in [5.74, 6) is -0.487. The van der Waals surface area contributed by atoms with E-state index in [1.54, 1.807) is 25.1 Å². The SMILES string of the molecule is Cc1c(Cl)cccc1NC(=O)CCS(C)(=O)=O. The molecule has 1 amide bonds. The van der Waals surface area contributed by atoms with Gasteiger partial charge in [-0.05, 0) is 24.6 Å². The third-order valence-corrected chi connectivity index (χ3v) is 3.60. The van der Waals surface area contributed by atoms with E-state index < -0.39 is 9.84 Å². The van der Waals surface area contributed by atoms with Gasteiger partial charge in [0.2, 0.25) is 5.91 Å². The van der Waals surface area contributed by atoms with E-state index >= 15 is 0 Å². The maximum absolute atomic E-state index is 11.5. The lowest BCUT2D eigenvalue weighted by atomic mass is 10.2. The molecular weight excluding hydrogens is 262 g/mol. The first-order valence-electron chi connectivity index (χ1n) is 5.02. The highest BCUT2D eigenvalue weighted by Crippen LogP contribution is 2.22. The summed E-state index contributed by atoms with van der Waals surface area (Å²) in [6, 6.07) is 5.17. The molecule has 0 aliphatic rings. The Hall–Kier alpha value is -1.07. The van der Waals surface area contributed by atoms with Crippen LogP contribution in [0.4, 0.5) is 5.69 Å². The van der Waals surface area contributed by atoms with E-state index in [1.807, 2.05) is 0 Å². The van der Waals surface area contributed by atoms with Crippen molar-refractivity contribution in [3.8, 4) is 0 Å². The van der Waals surface area contributed by atoms with Crippen molar-refractivity contribution in [3.05, 3.63) is 28.8 Å². The number of anilines is 1. The molecule has 1 aromatic rings. The molecule has 17 heavy (non-hydrogen) atoms. The number of amides is 1. The number of rotatable bonds is 4. The highest BCUT2D eigenvalue weighted by molar-refractivity contribution is 7.90. The molecule has 0 atom stereocenters. The minimum Gasteiger partial charge on any atom is -0.326 e. The van der Waals surface area contributed by atoms with Crippen LogP contribution in [0.3, 0.4) is 0 Å². The summed E-state index contributed by atoms with van der Waals surface area (Å²) in [6.07, 6.45) is 1.05. The quantitative estimate of drug-likeness (QED) is 0.914. The Morgan fingerprint density at radius 2 is 2.06 bits per heavy atom. The maximum atomic E-state index is 11.5. The van der Waals surface area contributed by atoms with Gasteiger partial charge >= 0.3 is 0 Å². The van der Waals surface area contributed by atoms with Crippen LogP contribution in [0.25, 0.3) is 0 Å². The molecular formula is C11H14ClNO3S. The van der Waals surface area contributed by atoms with Gasteiger partial charge in [-0.15, -0.1) is 0 Å². The second-order valence-corrected chi connectivity index (χ2v) is 6.51. The smallest absolute Gasteiger partial charge is 0.225 e. The predicted molar refractivity (Wildman–Crippen MR) is 69.1 cm³/mol. The second-order valence-electron chi connectivity index (χ2n) is 3.84. The minimum atomic E-state index is -3.12. The summed E-state index contributed by atoms with van der Waals surface area (Å²) in [4.78, 5) is 11.5. The molecule has 0 aliphatic heterocycles. The second kappa shape index (κ2) is 5.51. The monoisotopic (exact) mass is 275 g/mol. The summed E-state index contributed by atoms with van der Waals surface area (Å²) in [5, 5.41) is 3.20. The summed E-state index contributed by atoms with van der Waals surface area (Å²) in [7, 11) is -3.12. The third kappa shape index (κ3) is 4.75. The van der Waals surface area contributed by atoms with Gasteiger partial charge in [-0.3, -0.25) is 4.79 Å². The van der Waals surface area contributed by atoms with Crippen LogP contribution < -0.4 is 5.32 Å². The van der Waals surface area contributed by atoms with Crippen molar-refractivity contribution in [2.24, 2.45) is 0 Å². The molecule has 0 saturated carbocycles. The fourth-order valence-corrected chi connectivity index (χ4v) is 1.96. The van der Waals surface area contributed by atoms with E-state index in [-0.39, 0.29) is 18.1 Å². The van der Waals surface area contributed by atoms with Crippen molar-refractivity contribution in [2.45, 2.75) is 13.3 Å². The number of hydrogen-bond donors (Lipinski definition) is 1. The Morgan fingerprint density at radius 3 is 2.65 bits per heavy atom. The summed E-state index contributed by atoms with van der Waals surface area (Å²) in [6.45, 7) is 1.79. The molecule has 0 bridgehead atoms. The van der Waals surface area contributed by atoms with Crippen LogP contribution in [0.1, 0.15) is 12.0 Å². The van der Waals surface area contributed by atoms with Gasteiger partial charge in [-0.1, -0.05) is 17.7 Å². The first-order valence-corrected chi connectivity index (χ1v) is 7.46. The fourth-order valence-electron chi connectivity index (χ4n) is 1.23. The summed E-state index contributed by atoms with van der Waals surface area (Å²) < 4.78 is 21.8. The van der Waals surface area contributed by atoms with Crippen LogP contribution in [-0.2, 0) is 14.6 Å². The van der Waals surface area contributed by atoms with E-state index in [0.29, 0.717) is 10.7 Å². The van der Waals surface area contributed by atoms with Gasteiger partial charge in [0.05, 0.1) is 5.75 Å². The molecule has 0 saturated heterocycles. The van der Waals surface area contributed by atoms with Gasteiger partial charge < -0.3 is 5.32 Å². The van der Waals surface area contributed by atoms with Gasteiger partial charge in [0, 0.05) is 23.4 Å². The Balaban J connectivity index is 2.66. The number of carbonyl (C=O) groups is 1. The van der Waals surface area contributed by atoms with E-state index in [9.17, 15) is 13.2 Å². The molecule has 0 radical (unpaired) electrons. The maximum Gasteiger partial charge on any atom is 0.225 e. The topological polar surface area (TPSA) is 63.2 Å². The van der Waals surface area contributed by atoms with Gasteiger partial charge in [0.1, 0.15) is 9.84 Å². The van der Waals surface area contributed by atoms with Crippen molar-refractivity contribution < 1.29 is 13.2 Å². The molecule has 6 heteroatoms. The van der Waals surface area contributed by atoms with Gasteiger partial charge in [0.15, 0.2) is 0 Å². The molecule has 0 aliphatic carbocycles. The van der Waals surface area contributed by atoms with E-state index in [4.69, 9.17) is 11.6 Å². The largest absolute Gasteiger partial charge is 0.326 e. The van der Waals surface area contributed by atoms with Crippen LogP contribution in [0.5, 0.6) is 0 Å². The molecule has 1 rings (SSSR count). The van der Waals surface area contributed by atoms with E-state index in [0.717, 1.165) is 11.8 Å². The van der Waals surface area contributed by atoms with Gasteiger partial charge in [0.25, 0.3) is 0 Å². The Labute approximate surface area is 106 Å². The van der Waals surface area contributed by atoms with Crippen molar-refractivity contribution >= 4 is 33.0 Å². The number of halogens is 1. The first-order chi connectivity index (χ1) is 7.79. The molecule has 0 fully saturated rings. The number of nitrogens with one attached hydrogen (secondary N) is 1. The lowest BCUT2D eigenvalue weighted by Gasteiger charge is -2.08. The van der Waals surface area contributed by atoms with Crippen molar-refractivity contribution in [2.75, 3.05) is 17.3 Å². The van der Waals surface area contributed by atoms with Crippen LogP contribution in [0.2, 0.25) is 5.02 Å². The molecule has 0 aromatic heterocycles. The summed E-state index contributed by atoms with van der Waals surface area (Å²) in [5.41, 5.74) is 1.37. The predicted octanol–water partition coefficient (Wildman–Crippen LogP) is 2.02. The highest BCUT2D eigenvalue weighted by Gasteiger charge is 2.10. The zero-order chi connectivity index (χ0) is 13.1. The lowest BCUT2D eigenvalue weighted by molar-refractivity contribution is -0.115. The third-order valence-electron chi connectivity index (χ3n) is 2.24. The number of sulfone groups is 1.